The van der Waals surface area contributed by atoms with E-state index in [2.05, 4.69) is 20.3 Å². The van der Waals surface area contributed by atoms with Gasteiger partial charge in [-0.15, -0.1) is 0 Å². The molecule has 3 rings (SSSR count). The van der Waals surface area contributed by atoms with Crippen molar-refractivity contribution in [2.75, 3.05) is 17.6 Å². The molecule has 2 heterocycles. The molecule has 100 valence electrons. The highest BCUT2D eigenvalue weighted by atomic mass is 15.0. The Morgan fingerprint density at radius 2 is 1.90 bits per heavy atom. The largest absolute Gasteiger partial charge is 0.399 e. The van der Waals surface area contributed by atoms with E-state index in [1.807, 2.05) is 30.3 Å². The van der Waals surface area contributed by atoms with Crippen molar-refractivity contribution in [2.45, 2.75) is 6.42 Å². The molecule has 0 bridgehead atoms. The summed E-state index contributed by atoms with van der Waals surface area (Å²) in [7, 11) is 0. The van der Waals surface area contributed by atoms with Crippen molar-refractivity contribution in [3.8, 4) is 0 Å². The van der Waals surface area contributed by atoms with Crippen molar-refractivity contribution in [2.24, 2.45) is 0 Å². The Hall–Kier alpha value is -2.69. The SMILES string of the molecule is Nc1ccc2ncnc(NCCc3ccncc3)c2c1. The first-order valence-corrected chi connectivity index (χ1v) is 6.46. The lowest BCUT2D eigenvalue weighted by Crippen LogP contribution is -2.07. The van der Waals surface area contributed by atoms with Crippen LogP contribution in [-0.4, -0.2) is 21.5 Å². The fourth-order valence-electron chi connectivity index (χ4n) is 2.09. The highest BCUT2D eigenvalue weighted by molar-refractivity contribution is 5.91. The average Bonchev–Trinajstić information content (AvgIpc) is 2.49. The van der Waals surface area contributed by atoms with Crippen molar-refractivity contribution >= 4 is 22.4 Å². The van der Waals surface area contributed by atoms with Crippen LogP contribution in [0, 0.1) is 0 Å². The minimum Gasteiger partial charge on any atom is -0.399 e. The molecule has 3 aromatic rings. The molecule has 5 nitrogen and oxygen atoms in total. The summed E-state index contributed by atoms with van der Waals surface area (Å²) in [5.41, 5.74) is 8.67. The van der Waals surface area contributed by atoms with Gasteiger partial charge >= 0.3 is 0 Å². The number of rotatable bonds is 4. The van der Waals surface area contributed by atoms with Gasteiger partial charge in [0.25, 0.3) is 0 Å². The molecule has 0 unspecified atom stereocenters. The molecule has 0 aliphatic heterocycles. The minimum atomic E-state index is 0.712. The van der Waals surface area contributed by atoms with Gasteiger partial charge in [-0.05, 0) is 42.3 Å². The summed E-state index contributed by atoms with van der Waals surface area (Å²) in [6, 6.07) is 9.66. The van der Waals surface area contributed by atoms with Gasteiger partial charge in [-0.3, -0.25) is 4.98 Å². The lowest BCUT2D eigenvalue weighted by molar-refractivity contribution is 1.000. The van der Waals surface area contributed by atoms with Gasteiger partial charge in [0.2, 0.25) is 0 Å². The Morgan fingerprint density at radius 3 is 2.75 bits per heavy atom. The molecule has 0 saturated carbocycles. The zero-order valence-electron chi connectivity index (χ0n) is 11.0. The van der Waals surface area contributed by atoms with E-state index in [1.54, 1.807) is 18.7 Å². The Balaban J connectivity index is 1.76. The first-order valence-electron chi connectivity index (χ1n) is 6.46. The van der Waals surface area contributed by atoms with Crippen molar-refractivity contribution in [3.05, 3.63) is 54.6 Å². The van der Waals surface area contributed by atoms with Gasteiger partial charge in [-0.1, -0.05) is 0 Å². The number of benzene rings is 1. The molecule has 2 aromatic heterocycles. The van der Waals surface area contributed by atoms with E-state index >= 15 is 0 Å². The fraction of sp³-hybridized carbons (Fsp3) is 0.133. The van der Waals surface area contributed by atoms with Crippen LogP contribution in [0.15, 0.2) is 49.1 Å². The Labute approximate surface area is 116 Å². The molecule has 0 saturated heterocycles. The predicted molar refractivity (Wildman–Crippen MR) is 80.4 cm³/mol. The predicted octanol–water partition coefficient (Wildman–Crippen LogP) is 2.26. The maximum atomic E-state index is 5.82. The molecule has 0 radical (unpaired) electrons. The van der Waals surface area contributed by atoms with Crippen LogP contribution in [0.25, 0.3) is 10.9 Å². The third-order valence-electron chi connectivity index (χ3n) is 3.11. The van der Waals surface area contributed by atoms with Gasteiger partial charge in [0.05, 0.1) is 5.52 Å². The van der Waals surface area contributed by atoms with Gasteiger partial charge < -0.3 is 11.1 Å². The second-order valence-corrected chi connectivity index (χ2v) is 4.53. The van der Waals surface area contributed by atoms with Crippen LogP contribution in [-0.2, 0) is 6.42 Å². The maximum Gasteiger partial charge on any atom is 0.137 e. The summed E-state index contributed by atoms with van der Waals surface area (Å²) in [5, 5.41) is 4.28. The standard InChI is InChI=1S/C15H15N5/c16-12-1-2-14-13(9-12)15(20-10-19-14)18-8-5-11-3-6-17-7-4-11/h1-4,6-7,9-10H,5,8,16H2,(H,18,19,20). The Kier molecular flexibility index (Phi) is 3.41. The molecule has 0 aliphatic rings. The number of nitrogens with one attached hydrogen (secondary N) is 1. The van der Waals surface area contributed by atoms with E-state index in [0.29, 0.717) is 5.69 Å². The van der Waals surface area contributed by atoms with Crippen LogP contribution in [0.2, 0.25) is 0 Å². The van der Waals surface area contributed by atoms with E-state index in [9.17, 15) is 0 Å². The molecule has 0 amide bonds. The molecule has 0 fully saturated rings. The summed E-state index contributed by atoms with van der Waals surface area (Å²) in [4.78, 5) is 12.5. The molecule has 20 heavy (non-hydrogen) atoms. The Bertz CT molecular complexity index is 712. The van der Waals surface area contributed by atoms with Crippen LogP contribution in [0.5, 0.6) is 0 Å². The van der Waals surface area contributed by atoms with Crippen molar-refractivity contribution in [3.63, 3.8) is 0 Å². The summed E-state index contributed by atoms with van der Waals surface area (Å²) in [6.45, 7) is 0.797. The number of hydrogen-bond donors (Lipinski definition) is 2. The molecule has 0 atom stereocenters. The van der Waals surface area contributed by atoms with E-state index in [-0.39, 0.29) is 0 Å². The summed E-state index contributed by atoms with van der Waals surface area (Å²) < 4.78 is 0. The fourth-order valence-corrected chi connectivity index (χ4v) is 2.09. The van der Waals surface area contributed by atoms with Gasteiger partial charge in [0.15, 0.2) is 0 Å². The number of hydrogen-bond acceptors (Lipinski definition) is 5. The van der Waals surface area contributed by atoms with Gasteiger partial charge in [0, 0.05) is 30.0 Å². The quantitative estimate of drug-likeness (QED) is 0.708. The first kappa shape index (κ1) is 12.3. The van der Waals surface area contributed by atoms with E-state index in [0.717, 1.165) is 29.7 Å². The Morgan fingerprint density at radius 1 is 1.05 bits per heavy atom. The number of nitrogen functional groups attached to an aromatic ring is 1. The number of aromatic nitrogens is 3. The third kappa shape index (κ3) is 2.66. The molecule has 1 aromatic carbocycles. The van der Waals surface area contributed by atoms with Gasteiger partial charge in [0.1, 0.15) is 12.1 Å². The molecular formula is C15H15N5. The number of nitrogens with two attached hydrogens (primary N) is 1. The second-order valence-electron chi connectivity index (χ2n) is 4.53. The summed E-state index contributed by atoms with van der Waals surface area (Å²) in [5.74, 6) is 0.816. The maximum absolute atomic E-state index is 5.82. The van der Waals surface area contributed by atoms with Crippen LogP contribution < -0.4 is 11.1 Å². The normalized spacial score (nSPS) is 10.6. The van der Waals surface area contributed by atoms with Crippen LogP contribution in [0.1, 0.15) is 5.56 Å². The molecule has 0 spiro atoms. The third-order valence-corrected chi connectivity index (χ3v) is 3.11. The summed E-state index contributed by atoms with van der Waals surface area (Å²) >= 11 is 0. The van der Waals surface area contributed by atoms with E-state index < -0.39 is 0 Å². The van der Waals surface area contributed by atoms with Crippen LogP contribution >= 0.6 is 0 Å². The molecule has 5 heteroatoms. The number of nitrogens with zero attached hydrogens (tertiary/aromatic N) is 3. The number of anilines is 2. The topological polar surface area (TPSA) is 76.7 Å². The van der Waals surface area contributed by atoms with Gasteiger partial charge in [-0.2, -0.15) is 0 Å². The molecule has 3 N–H and O–H groups in total. The minimum absolute atomic E-state index is 0.712. The zero-order valence-corrected chi connectivity index (χ0v) is 11.0. The summed E-state index contributed by atoms with van der Waals surface area (Å²) in [6.07, 6.45) is 6.08. The number of pyridine rings is 1. The zero-order chi connectivity index (χ0) is 13.8. The van der Waals surface area contributed by atoms with Gasteiger partial charge in [-0.25, -0.2) is 9.97 Å². The highest BCUT2D eigenvalue weighted by Gasteiger charge is 2.03. The lowest BCUT2D eigenvalue weighted by atomic mass is 10.2. The first-order chi connectivity index (χ1) is 9.83. The lowest BCUT2D eigenvalue weighted by Gasteiger charge is -2.08. The van der Waals surface area contributed by atoms with E-state index in [1.165, 1.54) is 5.56 Å². The van der Waals surface area contributed by atoms with Crippen LogP contribution in [0.4, 0.5) is 11.5 Å². The highest BCUT2D eigenvalue weighted by Crippen LogP contribution is 2.21. The van der Waals surface area contributed by atoms with E-state index in [4.69, 9.17) is 5.73 Å². The second kappa shape index (κ2) is 5.52. The van der Waals surface area contributed by atoms with Crippen molar-refractivity contribution < 1.29 is 0 Å². The molecule has 0 aliphatic carbocycles. The molecular weight excluding hydrogens is 250 g/mol. The van der Waals surface area contributed by atoms with Crippen molar-refractivity contribution in [1.82, 2.24) is 15.0 Å². The average molecular weight is 265 g/mol. The monoisotopic (exact) mass is 265 g/mol. The van der Waals surface area contributed by atoms with Crippen LogP contribution in [0.3, 0.4) is 0 Å². The number of fused-ring (bicyclic) bond motifs is 1. The van der Waals surface area contributed by atoms with Crippen molar-refractivity contribution in [1.29, 1.82) is 0 Å². The smallest absolute Gasteiger partial charge is 0.137 e.